The van der Waals surface area contributed by atoms with Crippen LogP contribution in [0.1, 0.15) is 0 Å². The maximum absolute atomic E-state index is 6.22. The van der Waals surface area contributed by atoms with E-state index in [2.05, 4.69) is 205 Å². The second-order valence-corrected chi connectivity index (χ2v) is 13.8. The van der Waals surface area contributed by atoms with Gasteiger partial charge in [-0.1, -0.05) is 158 Å². The first-order valence-electron chi connectivity index (χ1n) is 18.4. The topological polar surface area (TPSA) is 16.4 Å². The third-order valence-electron chi connectivity index (χ3n) is 10.5. The van der Waals surface area contributed by atoms with Gasteiger partial charge in [0, 0.05) is 27.7 Å². The Labute approximate surface area is 314 Å². The molecule has 0 N–H and O–H groups in total. The maximum atomic E-state index is 6.22. The summed E-state index contributed by atoms with van der Waals surface area (Å²) in [5.41, 5.74) is 14.6. The maximum Gasteiger partial charge on any atom is 0.136 e. The van der Waals surface area contributed by atoms with Gasteiger partial charge in [0.25, 0.3) is 0 Å². The molecule has 0 radical (unpaired) electrons. The zero-order valence-electron chi connectivity index (χ0n) is 29.6. The minimum atomic E-state index is 0.916. The summed E-state index contributed by atoms with van der Waals surface area (Å²) in [5.74, 6) is 0. The molecule has 10 aromatic rings. The number of furan rings is 1. The molecule has 1 aromatic heterocycles. The Bertz CT molecular complexity index is 2890. The van der Waals surface area contributed by atoms with Gasteiger partial charge >= 0.3 is 0 Å². The Morgan fingerprint density at radius 1 is 0.296 bits per heavy atom. The minimum absolute atomic E-state index is 0.916. The number of hydrogen-bond donors (Lipinski definition) is 0. The van der Waals surface area contributed by atoms with Gasteiger partial charge in [-0.05, 0) is 104 Å². The number of para-hydroxylation sites is 2. The average molecular weight is 690 g/mol. The van der Waals surface area contributed by atoms with Crippen LogP contribution in [-0.2, 0) is 0 Å². The second-order valence-electron chi connectivity index (χ2n) is 13.8. The summed E-state index contributed by atoms with van der Waals surface area (Å²) in [6.07, 6.45) is 0. The first-order valence-corrected chi connectivity index (χ1v) is 18.4. The van der Waals surface area contributed by atoms with E-state index < -0.39 is 0 Å². The van der Waals surface area contributed by atoms with Gasteiger partial charge in [0.15, 0.2) is 0 Å². The van der Waals surface area contributed by atoms with E-state index in [1.807, 2.05) is 12.1 Å². The lowest BCUT2D eigenvalue weighted by atomic mass is 9.98. The van der Waals surface area contributed by atoms with Crippen LogP contribution in [0.2, 0.25) is 0 Å². The molecule has 0 amide bonds. The van der Waals surface area contributed by atoms with Crippen LogP contribution in [0.15, 0.2) is 217 Å². The van der Waals surface area contributed by atoms with E-state index in [0.29, 0.717) is 0 Å². The third kappa shape index (κ3) is 5.81. The van der Waals surface area contributed by atoms with Gasteiger partial charge in [0.2, 0.25) is 0 Å². The minimum Gasteiger partial charge on any atom is -0.456 e. The van der Waals surface area contributed by atoms with E-state index in [4.69, 9.17) is 4.42 Å². The van der Waals surface area contributed by atoms with Crippen LogP contribution in [0, 0.1) is 0 Å². The van der Waals surface area contributed by atoms with E-state index in [0.717, 1.165) is 50.0 Å². The number of benzene rings is 9. The van der Waals surface area contributed by atoms with E-state index in [1.54, 1.807) is 0 Å². The molecule has 0 saturated heterocycles. The zero-order valence-corrected chi connectivity index (χ0v) is 29.6. The fourth-order valence-electron chi connectivity index (χ4n) is 7.70. The number of anilines is 3. The molecule has 2 heteroatoms. The van der Waals surface area contributed by atoms with Crippen LogP contribution in [0.3, 0.4) is 0 Å². The van der Waals surface area contributed by atoms with Crippen molar-refractivity contribution in [2.24, 2.45) is 0 Å². The summed E-state index contributed by atoms with van der Waals surface area (Å²) >= 11 is 0. The normalized spacial score (nSPS) is 11.3. The largest absolute Gasteiger partial charge is 0.456 e. The van der Waals surface area contributed by atoms with Crippen molar-refractivity contribution in [3.05, 3.63) is 212 Å². The highest BCUT2D eigenvalue weighted by Gasteiger charge is 2.18. The fraction of sp³-hybridized carbons (Fsp3) is 0. The predicted molar refractivity (Wildman–Crippen MR) is 228 cm³/mol. The third-order valence-corrected chi connectivity index (χ3v) is 10.5. The molecule has 0 saturated carbocycles. The second kappa shape index (κ2) is 13.4. The first-order chi connectivity index (χ1) is 26.7. The number of hydrogen-bond acceptors (Lipinski definition) is 2. The predicted octanol–water partition coefficient (Wildman–Crippen LogP) is 14.9. The van der Waals surface area contributed by atoms with Crippen LogP contribution < -0.4 is 4.90 Å². The molecule has 0 aliphatic rings. The molecule has 9 aromatic carbocycles. The Morgan fingerprint density at radius 2 is 0.796 bits per heavy atom. The Kier molecular flexibility index (Phi) is 7.85. The molecule has 254 valence electrons. The van der Waals surface area contributed by atoms with E-state index >= 15 is 0 Å². The van der Waals surface area contributed by atoms with E-state index in [-0.39, 0.29) is 0 Å². The quantitative estimate of drug-likeness (QED) is 0.166. The summed E-state index contributed by atoms with van der Waals surface area (Å²) in [6, 6.07) is 75.9. The van der Waals surface area contributed by atoms with Gasteiger partial charge in [-0.25, -0.2) is 0 Å². The molecule has 1 heterocycles. The molecule has 54 heavy (non-hydrogen) atoms. The number of fused-ring (bicyclic) bond motifs is 4. The van der Waals surface area contributed by atoms with Crippen LogP contribution in [-0.4, -0.2) is 0 Å². The summed E-state index contributed by atoms with van der Waals surface area (Å²) in [7, 11) is 0. The summed E-state index contributed by atoms with van der Waals surface area (Å²) in [6.45, 7) is 0. The van der Waals surface area contributed by atoms with Crippen molar-refractivity contribution in [3.63, 3.8) is 0 Å². The average Bonchev–Trinajstić information content (AvgIpc) is 3.61. The van der Waals surface area contributed by atoms with Crippen molar-refractivity contribution in [3.8, 4) is 44.5 Å². The summed E-state index contributed by atoms with van der Waals surface area (Å²) < 4.78 is 6.22. The van der Waals surface area contributed by atoms with E-state index in [9.17, 15) is 0 Å². The van der Waals surface area contributed by atoms with Gasteiger partial charge in [-0.2, -0.15) is 0 Å². The molecular weight excluding hydrogens is 655 g/mol. The molecule has 0 fully saturated rings. The molecule has 0 bridgehead atoms. The smallest absolute Gasteiger partial charge is 0.136 e. The van der Waals surface area contributed by atoms with Gasteiger partial charge in [-0.3, -0.25) is 0 Å². The van der Waals surface area contributed by atoms with Crippen LogP contribution in [0.25, 0.3) is 77.2 Å². The Hall–Kier alpha value is -7.16. The fourth-order valence-corrected chi connectivity index (χ4v) is 7.70. The molecule has 0 unspecified atom stereocenters. The Morgan fingerprint density at radius 3 is 1.46 bits per heavy atom. The molecular formula is C52H35NO. The number of nitrogens with zero attached hydrogens (tertiary/aromatic N) is 1. The molecule has 0 aliphatic carbocycles. The first kappa shape index (κ1) is 31.6. The van der Waals surface area contributed by atoms with Crippen molar-refractivity contribution in [2.75, 3.05) is 4.90 Å². The monoisotopic (exact) mass is 689 g/mol. The molecule has 0 aliphatic heterocycles. The lowest BCUT2D eigenvalue weighted by molar-refractivity contribution is 0.669. The standard InChI is InChI=1S/C52H35NO/c1-3-11-36(12-4-1)37-19-21-38(22-20-37)39-25-29-45(30-26-39)53(50-17-9-7-15-47(50)41-13-5-2-6-14-41)46-31-27-40(28-32-46)42-23-24-43-34-49-48-16-8-10-18-51(48)54-52(49)35-44(43)33-42/h1-35H. The van der Waals surface area contributed by atoms with Gasteiger partial charge < -0.3 is 9.32 Å². The zero-order chi connectivity index (χ0) is 35.8. The summed E-state index contributed by atoms with van der Waals surface area (Å²) in [5, 5.41) is 4.67. The van der Waals surface area contributed by atoms with Crippen molar-refractivity contribution in [2.45, 2.75) is 0 Å². The molecule has 0 spiro atoms. The molecule has 0 atom stereocenters. The highest BCUT2D eigenvalue weighted by Crippen LogP contribution is 2.42. The van der Waals surface area contributed by atoms with Crippen molar-refractivity contribution in [1.29, 1.82) is 0 Å². The molecule has 2 nitrogen and oxygen atoms in total. The number of rotatable bonds is 7. The SMILES string of the molecule is c1ccc(-c2ccc(-c3ccc(N(c4ccc(-c5ccc6cc7c(cc6c5)oc5ccccc57)cc4)c4ccccc4-c4ccccc4)cc3)cc2)cc1. The lowest BCUT2D eigenvalue weighted by Gasteiger charge is -2.28. The summed E-state index contributed by atoms with van der Waals surface area (Å²) in [4.78, 5) is 2.37. The van der Waals surface area contributed by atoms with E-state index in [1.165, 1.54) is 44.3 Å². The van der Waals surface area contributed by atoms with Crippen LogP contribution >= 0.6 is 0 Å². The van der Waals surface area contributed by atoms with Crippen molar-refractivity contribution in [1.82, 2.24) is 0 Å². The molecule has 10 rings (SSSR count). The van der Waals surface area contributed by atoms with Gasteiger partial charge in [-0.15, -0.1) is 0 Å². The lowest BCUT2D eigenvalue weighted by Crippen LogP contribution is -2.11. The van der Waals surface area contributed by atoms with Crippen LogP contribution in [0.5, 0.6) is 0 Å². The van der Waals surface area contributed by atoms with Gasteiger partial charge in [0.1, 0.15) is 11.2 Å². The van der Waals surface area contributed by atoms with Crippen molar-refractivity contribution < 1.29 is 4.42 Å². The van der Waals surface area contributed by atoms with Crippen LogP contribution in [0.4, 0.5) is 17.1 Å². The van der Waals surface area contributed by atoms with Gasteiger partial charge in [0.05, 0.1) is 5.69 Å². The Balaban J connectivity index is 1.02. The highest BCUT2D eigenvalue weighted by molar-refractivity contribution is 6.10. The highest BCUT2D eigenvalue weighted by atomic mass is 16.3. The van der Waals surface area contributed by atoms with Crippen molar-refractivity contribution >= 4 is 49.8 Å².